The Kier molecular flexibility index (Phi) is 10.6. The second-order valence-electron chi connectivity index (χ2n) is 5.04. The third-order valence-corrected chi connectivity index (χ3v) is 4.77. The van der Waals surface area contributed by atoms with Gasteiger partial charge >= 0.3 is 0 Å². The van der Waals surface area contributed by atoms with Gasteiger partial charge in [-0.05, 0) is 26.2 Å². The maximum atomic E-state index is 11.5. The molecule has 0 saturated carbocycles. The van der Waals surface area contributed by atoms with Gasteiger partial charge in [0, 0.05) is 39.3 Å². The summed E-state index contributed by atoms with van der Waals surface area (Å²) in [6, 6.07) is 0. The number of halogens is 1. The summed E-state index contributed by atoms with van der Waals surface area (Å²) in [5.41, 5.74) is 0. The van der Waals surface area contributed by atoms with Gasteiger partial charge < -0.3 is 10.2 Å². The van der Waals surface area contributed by atoms with Gasteiger partial charge in [0.15, 0.2) is 5.96 Å². The van der Waals surface area contributed by atoms with Crippen molar-refractivity contribution in [3.63, 3.8) is 0 Å². The molecule has 8 heteroatoms. The monoisotopic (exact) mass is 432 g/mol. The van der Waals surface area contributed by atoms with E-state index in [0.717, 1.165) is 32.0 Å². The number of hydrogen-bond donors (Lipinski definition) is 1. The number of hydrogen-bond acceptors (Lipinski definition) is 3. The Bertz CT molecular complexity index is 408. The molecule has 0 amide bonds. The van der Waals surface area contributed by atoms with Crippen molar-refractivity contribution < 1.29 is 8.42 Å². The third-order valence-electron chi connectivity index (χ3n) is 3.39. The van der Waals surface area contributed by atoms with Crippen LogP contribution in [-0.4, -0.2) is 69.1 Å². The van der Waals surface area contributed by atoms with E-state index >= 15 is 0 Å². The van der Waals surface area contributed by atoms with Gasteiger partial charge in [0.2, 0.25) is 10.0 Å². The lowest BCUT2D eigenvalue weighted by atomic mass is 10.4. The molecule has 126 valence electrons. The molecule has 0 bridgehead atoms. The Balaban J connectivity index is 0.00000400. The van der Waals surface area contributed by atoms with Gasteiger partial charge in [0.05, 0.1) is 6.26 Å². The number of nitrogens with one attached hydrogen (secondary N) is 1. The molecule has 0 aromatic carbocycles. The Hall–Kier alpha value is -0.0900. The highest BCUT2D eigenvalue weighted by Gasteiger charge is 2.16. The largest absolute Gasteiger partial charge is 0.357 e. The molecule has 0 aliphatic carbocycles. The van der Waals surface area contributed by atoms with Crippen molar-refractivity contribution in [1.82, 2.24) is 14.5 Å². The molecule has 1 heterocycles. The van der Waals surface area contributed by atoms with Crippen LogP contribution in [0.25, 0.3) is 0 Å². The van der Waals surface area contributed by atoms with E-state index in [0.29, 0.717) is 19.6 Å². The second kappa shape index (κ2) is 10.6. The smallest absolute Gasteiger partial charge is 0.211 e. The lowest BCUT2D eigenvalue weighted by molar-refractivity contribution is 0.426. The van der Waals surface area contributed by atoms with Crippen molar-refractivity contribution in [2.75, 3.05) is 45.5 Å². The van der Waals surface area contributed by atoms with Crippen molar-refractivity contribution >= 4 is 40.0 Å². The highest BCUT2D eigenvalue weighted by Crippen LogP contribution is 2.07. The summed E-state index contributed by atoms with van der Waals surface area (Å²) in [5.74, 6) is 0.965. The second-order valence-corrected chi connectivity index (χ2v) is 7.02. The van der Waals surface area contributed by atoms with Gasteiger partial charge in [-0.2, -0.15) is 0 Å². The zero-order valence-electron chi connectivity index (χ0n) is 13.3. The van der Waals surface area contributed by atoms with Crippen molar-refractivity contribution in [3.8, 4) is 0 Å². The molecular formula is C13H29IN4O2S. The first-order chi connectivity index (χ1) is 9.49. The van der Waals surface area contributed by atoms with E-state index in [1.165, 1.54) is 23.4 Å². The molecule has 1 aliphatic heterocycles. The Labute approximate surface area is 146 Å². The van der Waals surface area contributed by atoms with Crippen LogP contribution in [0.5, 0.6) is 0 Å². The Morgan fingerprint density at radius 2 is 1.90 bits per heavy atom. The molecule has 1 fully saturated rings. The predicted molar refractivity (Wildman–Crippen MR) is 98.9 cm³/mol. The lowest BCUT2D eigenvalue weighted by Gasteiger charge is -2.21. The van der Waals surface area contributed by atoms with Crippen molar-refractivity contribution in [2.24, 2.45) is 4.99 Å². The van der Waals surface area contributed by atoms with Gasteiger partial charge in [-0.3, -0.25) is 4.99 Å². The van der Waals surface area contributed by atoms with Gasteiger partial charge in [-0.15, -0.1) is 24.0 Å². The van der Waals surface area contributed by atoms with E-state index in [1.807, 2.05) is 6.92 Å². The van der Waals surface area contributed by atoms with E-state index in [2.05, 4.69) is 22.1 Å². The minimum Gasteiger partial charge on any atom is -0.357 e. The van der Waals surface area contributed by atoms with Crippen molar-refractivity contribution in [3.05, 3.63) is 0 Å². The maximum absolute atomic E-state index is 11.5. The summed E-state index contributed by atoms with van der Waals surface area (Å²) in [6.07, 6.45) is 4.46. The summed E-state index contributed by atoms with van der Waals surface area (Å²) in [6.45, 7) is 8.64. The molecule has 1 N–H and O–H groups in total. The van der Waals surface area contributed by atoms with Crippen LogP contribution in [0.4, 0.5) is 0 Å². The third kappa shape index (κ3) is 7.64. The lowest BCUT2D eigenvalue weighted by Crippen LogP contribution is -2.39. The van der Waals surface area contributed by atoms with E-state index in [9.17, 15) is 8.42 Å². The highest BCUT2D eigenvalue weighted by atomic mass is 127. The van der Waals surface area contributed by atoms with Crippen molar-refractivity contribution in [2.45, 2.75) is 33.1 Å². The van der Waals surface area contributed by atoms with Gasteiger partial charge in [0.1, 0.15) is 0 Å². The molecule has 1 aliphatic rings. The fourth-order valence-corrected chi connectivity index (χ4v) is 3.27. The van der Waals surface area contributed by atoms with Crippen LogP contribution in [0.2, 0.25) is 0 Å². The summed E-state index contributed by atoms with van der Waals surface area (Å²) < 4.78 is 24.4. The first-order valence-electron chi connectivity index (χ1n) is 7.47. The van der Waals surface area contributed by atoms with Crippen LogP contribution < -0.4 is 5.32 Å². The SMILES string of the molecule is CCNC(=NCCCN(CC)S(C)(=O)=O)N1CCCC1.I. The van der Waals surface area contributed by atoms with E-state index in [-0.39, 0.29) is 24.0 Å². The molecule has 0 spiro atoms. The number of likely N-dealkylation sites (tertiary alicyclic amines) is 1. The fourth-order valence-electron chi connectivity index (χ4n) is 2.35. The standard InChI is InChI=1S/C13H28N4O2S.HI/c1-4-14-13(16-10-6-7-11-16)15-9-8-12-17(5-2)20(3,18)19;/h4-12H2,1-3H3,(H,14,15);1H. The zero-order chi connectivity index (χ0) is 15.0. The minimum absolute atomic E-state index is 0. The van der Waals surface area contributed by atoms with Crippen molar-refractivity contribution in [1.29, 1.82) is 0 Å². The summed E-state index contributed by atoms with van der Waals surface area (Å²) >= 11 is 0. The number of nitrogens with zero attached hydrogens (tertiary/aromatic N) is 3. The fraction of sp³-hybridized carbons (Fsp3) is 0.923. The molecule has 0 radical (unpaired) electrons. The minimum atomic E-state index is -3.08. The Morgan fingerprint density at radius 3 is 2.38 bits per heavy atom. The average Bonchev–Trinajstić information content (AvgIpc) is 2.89. The summed E-state index contributed by atoms with van der Waals surface area (Å²) in [7, 11) is -3.08. The molecule has 0 aromatic heterocycles. The van der Waals surface area contributed by atoms with E-state index in [4.69, 9.17) is 0 Å². The van der Waals surface area contributed by atoms with Crippen LogP contribution >= 0.6 is 24.0 Å². The first kappa shape index (κ1) is 20.9. The predicted octanol–water partition coefficient (Wildman–Crippen LogP) is 1.34. The molecule has 0 unspecified atom stereocenters. The van der Waals surface area contributed by atoms with E-state index < -0.39 is 10.0 Å². The average molecular weight is 432 g/mol. The van der Waals surface area contributed by atoms with Crippen LogP contribution in [-0.2, 0) is 10.0 Å². The zero-order valence-corrected chi connectivity index (χ0v) is 16.5. The summed E-state index contributed by atoms with van der Waals surface area (Å²) in [4.78, 5) is 6.87. The molecule has 6 nitrogen and oxygen atoms in total. The maximum Gasteiger partial charge on any atom is 0.211 e. The number of guanidine groups is 1. The van der Waals surface area contributed by atoms with Crippen LogP contribution in [0.1, 0.15) is 33.1 Å². The normalized spacial score (nSPS) is 16.2. The molecule has 1 saturated heterocycles. The first-order valence-corrected chi connectivity index (χ1v) is 9.32. The molecule has 0 aromatic rings. The number of aliphatic imine (C=N–C) groups is 1. The molecule has 0 atom stereocenters. The van der Waals surface area contributed by atoms with Crippen LogP contribution in [0, 0.1) is 0 Å². The topological polar surface area (TPSA) is 65.0 Å². The Morgan fingerprint density at radius 1 is 1.29 bits per heavy atom. The highest BCUT2D eigenvalue weighted by molar-refractivity contribution is 14.0. The van der Waals surface area contributed by atoms with Gasteiger partial charge in [0.25, 0.3) is 0 Å². The molecule has 1 rings (SSSR count). The quantitative estimate of drug-likeness (QED) is 0.286. The van der Waals surface area contributed by atoms with Gasteiger partial charge in [-0.1, -0.05) is 6.92 Å². The molecular weight excluding hydrogens is 403 g/mol. The number of sulfonamides is 1. The van der Waals surface area contributed by atoms with Crippen LogP contribution in [0.15, 0.2) is 4.99 Å². The van der Waals surface area contributed by atoms with Gasteiger partial charge in [-0.25, -0.2) is 12.7 Å². The van der Waals surface area contributed by atoms with E-state index in [1.54, 1.807) is 0 Å². The molecule has 21 heavy (non-hydrogen) atoms. The number of rotatable bonds is 7. The van der Waals surface area contributed by atoms with Crippen LogP contribution in [0.3, 0.4) is 0 Å². The summed E-state index contributed by atoms with van der Waals surface area (Å²) in [5, 5.41) is 3.30.